The van der Waals surface area contributed by atoms with Crippen molar-refractivity contribution in [3.05, 3.63) is 71.3 Å². The molecule has 96 valence electrons. The van der Waals surface area contributed by atoms with Crippen LogP contribution in [0.25, 0.3) is 11.1 Å². The zero-order valence-corrected chi connectivity index (χ0v) is 11.0. The zero-order chi connectivity index (χ0) is 13.7. The first kappa shape index (κ1) is 13.4. The molecule has 0 aliphatic rings. The third-order valence-electron chi connectivity index (χ3n) is 2.77. The first-order valence-corrected chi connectivity index (χ1v) is 6.28. The minimum atomic E-state index is -0.927. The Balaban J connectivity index is 2.30. The molecule has 0 spiro atoms. The second-order valence-corrected chi connectivity index (χ2v) is 4.55. The molecule has 0 aliphatic heterocycles. The van der Waals surface area contributed by atoms with Gasteiger partial charge in [0.2, 0.25) is 0 Å². The average molecular weight is 273 g/mol. The maximum absolute atomic E-state index is 10.5. The quantitative estimate of drug-likeness (QED) is 0.848. The van der Waals surface area contributed by atoms with Gasteiger partial charge in [0, 0.05) is 11.1 Å². The van der Waals surface area contributed by atoms with Crippen LogP contribution in [-0.2, 0) is 11.2 Å². The molecule has 0 heterocycles. The van der Waals surface area contributed by atoms with Gasteiger partial charge in [-0.2, -0.15) is 0 Å². The number of benzene rings is 2. The average Bonchev–Trinajstić information content (AvgIpc) is 2.40. The fourth-order valence-electron chi connectivity index (χ4n) is 1.90. The molecule has 0 radical (unpaired) electrons. The normalized spacial score (nSPS) is 10.8. The molecule has 0 saturated carbocycles. The van der Waals surface area contributed by atoms with Gasteiger partial charge in [-0.05, 0) is 35.2 Å². The smallest absolute Gasteiger partial charge is 0.327 e. The molecule has 0 saturated heterocycles. The highest BCUT2D eigenvalue weighted by Gasteiger charge is 2.03. The summed E-state index contributed by atoms with van der Waals surface area (Å²) in [5, 5.41) is 9.31. The van der Waals surface area contributed by atoms with Crippen LogP contribution in [0.3, 0.4) is 0 Å². The van der Waals surface area contributed by atoms with Gasteiger partial charge >= 0.3 is 5.97 Å². The predicted molar refractivity (Wildman–Crippen MR) is 77.4 cm³/mol. The van der Waals surface area contributed by atoms with E-state index in [1.807, 2.05) is 48.5 Å². The van der Waals surface area contributed by atoms with Crippen molar-refractivity contribution in [3.8, 4) is 11.1 Å². The SMILES string of the molecule is O=C(O)C=CCc1ccccc1-c1ccc(Cl)cc1. The Bertz CT molecular complexity index is 600. The van der Waals surface area contributed by atoms with Crippen molar-refractivity contribution >= 4 is 17.6 Å². The van der Waals surface area contributed by atoms with Crippen molar-refractivity contribution in [2.24, 2.45) is 0 Å². The van der Waals surface area contributed by atoms with Gasteiger partial charge in [0.1, 0.15) is 0 Å². The molecule has 19 heavy (non-hydrogen) atoms. The van der Waals surface area contributed by atoms with Gasteiger partial charge in [0.25, 0.3) is 0 Å². The van der Waals surface area contributed by atoms with E-state index in [0.29, 0.717) is 11.4 Å². The standard InChI is InChI=1S/C16H13ClO2/c17-14-10-8-13(9-11-14)15-6-2-1-4-12(15)5-3-7-16(18)19/h1-4,6-11H,5H2,(H,18,19). The molecule has 3 heteroatoms. The molecule has 0 fully saturated rings. The van der Waals surface area contributed by atoms with Crippen LogP contribution in [0.2, 0.25) is 5.02 Å². The van der Waals surface area contributed by atoms with Crippen LogP contribution >= 0.6 is 11.6 Å². The highest BCUT2D eigenvalue weighted by Crippen LogP contribution is 2.25. The lowest BCUT2D eigenvalue weighted by atomic mass is 9.98. The summed E-state index contributed by atoms with van der Waals surface area (Å²) in [7, 11) is 0. The third kappa shape index (κ3) is 3.70. The number of allylic oxidation sites excluding steroid dienone is 1. The van der Waals surface area contributed by atoms with Gasteiger partial charge in [0.15, 0.2) is 0 Å². The highest BCUT2D eigenvalue weighted by molar-refractivity contribution is 6.30. The van der Waals surface area contributed by atoms with Crippen LogP contribution in [0.1, 0.15) is 5.56 Å². The summed E-state index contributed by atoms with van der Waals surface area (Å²) in [6.07, 6.45) is 3.40. The van der Waals surface area contributed by atoms with E-state index in [1.54, 1.807) is 6.08 Å². The lowest BCUT2D eigenvalue weighted by Gasteiger charge is -2.08. The number of carbonyl (C=O) groups is 1. The maximum Gasteiger partial charge on any atom is 0.327 e. The topological polar surface area (TPSA) is 37.3 Å². The van der Waals surface area contributed by atoms with E-state index in [-0.39, 0.29) is 0 Å². The van der Waals surface area contributed by atoms with Crippen LogP contribution < -0.4 is 0 Å². The van der Waals surface area contributed by atoms with Gasteiger partial charge in [-0.3, -0.25) is 0 Å². The van der Waals surface area contributed by atoms with E-state index in [0.717, 1.165) is 16.7 Å². The molecule has 0 bridgehead atoms. The molecule has 0 unspecified atom stereocenters. The van der Waals surface area contributed by atoms with E-state index in [9.17, 15) is 4.79 Å². The molecule has 2 rings (SSSR count). The number of hydrogen-bond donors (Lipinski definition) is 1. The molecule has 2 aromatic rings. The Morgan fingerprint density at radius 3 is 2.47 bits per heavy atom. The highest BCUT2D eigenvalue weighted by atomic mass is 35.5. The fraction of sp³-hybridized carbons (Fsp3) is 0.0625. The number of carboxylic acid groups (broad SMARTS) is 1. The summed E-state index contributed by atoms with van der Waals surface area (Å²) in [5.74, 6) is -0.927. The lowest BCUT2D eigenvalue weighted by Crippen LogP contribution is -1.90. The second kappa shape index (κ2) is 6.21. The molecular weight excluding hydrogens is 260 g/mol. The monoisotopic (exact) mass is 272 g/mol. The van der Waals surface area contributed by atoms with Crippen LogP contribution in [0.5, 0.6) is 0 Å². The minimum Gasteiger partial charge on any atom is -0.478 e. The predicted octanol–water partition coefficient (Wildman–Crippen LogP) is 4.19. The van der Waals surface area contributed by atoms with Crippen LogP contribution in [0, 0.1) is 0 Å². The molecule has 0 amide bonds. The number of rotatable bonds is 4. The third-order valence-corrected chi connectivity index (χ3v) is 3.02. The van der Waals surface area contributed by atoms with Gasteiger partial charge < -0.3 is 5.11 Å². The summed E-state index contributed by atoms with van der Waals surface area (Å²) < 4.78 is 0. The summed E-state index contributed by atoms with van der Waals surface area (Å²) in [5.41, 5.74) is 3.25. The van der Waals surface area contributed by atoms with Crippen molar-refractivity contribution < 1.29 is 9.90 Å². The minimum absolute atomic E-state index is 0.588. The molecule has 0 aromatic heterocycles. The van der Waals surface area contributed by atoms with Crippen molar-refractivity contribution in [2.45, 2.75) is 6.42 Å². The van der Waals surface area contributed by atoms with Crippen LogP contribution in [-0.4, -0.2) is 11.1 Å². The Labute approximate surface area is 117 Å². The molecule has 1 N–H and O–H groups in total. The maximum atomic E-state index is 10.5. The van der Waals surface area contributed by atoms with Crippen LogP contribution in [0.15, 0.2) is 60.7 Å². The largest absolute Gasteiger partial charge is 0.478 e. The fourth-order valence-corrected chi connectivity index (χ4v) is 2.02. The van der Waals surface area contributed by atoms with E-state index < -0.39 is 5.97 Å². The number of carboxylic acids is 1. The van der Waals surface area contributed by atoms with Gasteiger partial charge in [-0.25, -0.2) is 4.79 Å². The van der Waals surface area contributed by atoms with Gasteiger partial charge in [0.05, 0.1) is 0 Å². The van der Waals surface area contributed by atoms with E-state index >= 15 is 0 Å². The summed E-state index contributed by atoms with van der Waals surface area (Å²) in [6, 6.07) is 15.5. The first-order chi connectivity index (χ1) is 9.16. The number of hydrogen-bond acceptors (Lipinski definition) is 1. The lowest BCUT2D eigenvalue weighted by molar-refractivity contribution is -0.131. The summed E-state index contributed by atoms with van der Waals surface area (Å²) in [4.78, 5) is 10.5. The van der Waals surface area contributed by atoms with Crippen molar-refractivity contribution in [3.63, 3.8) is 0 Å². The van der Waals surface area contributed by atoms with Crippen LogP contribution in [0.4, 0.5) is 0 Å². The summed E-state index contributed by atoms with van der Waals surface area (Å²) >= 11 is 5.88. The van der Waals surface area contributed by atoms with E-state index in [4.69, 9.17) is 16.7 Å². The summed E-state index contributed by atoms with van der Waals surface area (Å²) in [6.45, 7) is 0. The van der Waals surface area contributed by atoms with Crippen molar-refractivity contribution in [1.29, 1.82) is 0 Å². The molecule has 2 nitrogen and oxygen atoms in total. The molecule has 2 aromatic carbocycles. The molecular formula is C16H13ClO2. The Kier molecular flexibility index (Phi) is 4.37. The number of aliphatic carboxylic acids is 1. The molecule has 0 aliphatic carbocycles. The number of halogens is 1. The van der Waals surface area contributed by atoms with Gasteiger partial charge in [-0.15, -0.1) is 0 Å². The van der Waals surface area contributed by atoms with E-state index in [2.05, 4.69) is 0 Å². The Morgan fingerprint density at radius 1 is 1.11 bits per heavy atom. The molecule has 0 atom stereocenters. The van der Waals surface area contributed by atoms with E-state index in [1.165, 1.54) is 6.08 Å². The Morgan fingerprint density at radius 2 is 1.79 bits per heavy atom. The second-order valence-electron chi connectivity index (χ2n) is 4.11. The van der Waals surface area contributed by atoms with Gasteiger partial charge in [-0.1, -0.05) is 54.1 Å². The van der Waals surface area contributed by atoms with Crippen molar-refractivity contribution in [1.82, 2.24) is 0 Å². The van der Waals surface area contributed by atoms with Crippen molar-refractivity contribution in [2.75, 3.05) is 0 Å². The first-order valence-electron chi connectivity index (χ1n) is 5.90. The Hall–Kier alpha value is -2.06. The zero-order valence-electron chi connectivity index (χ0n) is 10.2.